The molecule has 1 heterocycles. The van der Waals surface area contributed by atoms with Gasteiger partial charge in [-0.05, 0) is 6.92 Å². The number of carbonyl (C=O) groups excluding carboxylic acids is 1. The Morgan fingerprint density at radius 1 is 1.85 bits per heavy atom. The fourth-order valence-corrected chi connectivity index (χ4v) is 1.24. The van der Waals surface area contributed by atoms with Crippen LogP contribution in [0.1, 0.15) is 12.6 Å². The highest BCUT2D eigenvalue weighted by molar-refractivity contribution is 7.07. The van der Waals surface area contributed by atoms with Crippen LogP contribution in [0.4, 0.5) is 0 Å². The third-order valence-electron chi connectivity index (χ3n) is 1.11. The predicted molar refractivity (Wildman–Crippen MR) is 52.5 cm³/mol. The summed E-state index contributed by atoms with van der Waals surface area (Å²) < 4.78 is 3.86. The highest BCUT2D eigenvalue weighted by Gasteiger charge is 1.97. The van der Waals surface area contributed by atoms with Crippen LogP contribution in [-0.4, -0.2) is 24.6 Å². The summed E-state index contributed by atoms with van der Waals surface area (Å²) in [5.41, 5.74) is 8.49. The molecule has 1 atom stereocenters. The molecule has 0 aromatic carbocycles. The van der Waals surface area contributed by atoms with Crippen LogP contribution in [0.25, 0.3) is 0 Å². The normalized spacial score (nSPS) is 11.0. The lowest BCUT2D eigenvalue weighted by molar-refractivity contribution is -0.126. The number of hydrogen-bond acceptors (Lipinski definition) is 5. The zero-order chi connectivity index (χ0) is 10.1. The van der Waals surface area contributed by atoms with E-state index in [1.165, 1.54) is 7.11 Å². The van der Waals surface area contributed by atoms with Crippen LogP contribution >= 0.6 is 11.3 Å². The molecule has 1 rings (SSSR count). The molecule has 13 heavy (non-hydrogen) atoms. The van der Waals surface area contributed by atoms with Gasteiger partial charge in [-0.15, -0.1) is 11.3 Å². The number of nitrogens with zero attached hydrogens (tertiary/aromatic N) is 1. The zero-order valence-electron chi connectivity index (χ0n) is 7.77. The summed E-state index contributed by atoms with van der Waals surface area (Å²) in [4.78, 5) is 13.0. The Balaban J connectivity index is 0.000000310. The average molecular weight is 202 g/mol. The second-order valence-electron chi connectivity index (χ2n) is 2.49. The molecular weight excluding hydrogens is 188 g/mol. The lowest BCUT2D eigenvalue weighted by Gasteiger charge is -1.98. The van der Waals surface area contributed by atoms with E-state index in [0.29, 0.717) is 6.47 Å². The second kappa shape index (κ2) is 7.70. The quantitative estimate of drug-likeness (QED) is 0.737. The number of methoxy groups -OCH3 is 1. The molecule has 5 heteroatoms. The molecule has 0 amide bonds. The van der Waals surface area contributed by atoms with Gasteiger partial charge in [0.15, 0.2) is 0 Å². The van der Waals surface area contributed by atoms with E-state index in [0.717, 1.165) is 12.1 Å². The van der Waals surface area contributed by atoms with Gasteiger partial charge in [0.2, 0.25) is 0 Å². The van der Waals surface area contributed by atoms with Crippen LogP contribution in [-0.2, 0) is 16.0 Å². The maximum Gasteiger partial charge on any atom is 0.292 e. The van der Waals surface area contributed by atoms with E-state index < -0.39 is 0 Å². The van der Waals surface area contributed by atoms with Crippen molar-refractivity contribution in [3.63, 3.8) is 0 Å². The van der Waals surface area contributed by atoms with E-state index in [4.69, 9.17) is 10.5 Å². The van der Waals surface area contributed by atoms with Gasteiger partial charge in [-0.1, -0.05) is 0 Å². The maximum absolute atomic E-state index is 8.95. The summed E-state index contributed by atoms with van der Waals surface area (Å²) >= 11 is 1.61. The fourth-order valence-electron chi connectivity index (χ4n) is 0.668. The van der Waals surface area contributed by atoms with E-state index in [2.05, 4.69) is 9.72 Å². The zero-order valence-corrected chi connectivity index (χ0v) is 8.58. The van der Waals surface area contributed by atoms with Crippen LogP contribution < -0.4 is 5.73 Å². The van der Waals surface area contributed by atoms with E-state index in [-0.39, 0.29) is 6.04 Å². The second-order valence-corrected chi connectivity index (χ2v) is 3.21. The molecule has 0 radical (unpaired) electrons. The Kier molecular flexibility index (Phi) is 7.14. The van der Waals surface area contributed by atoms with Gasteiger partial charge >= 0.3 is 0 Å². The van der Waals surface area contributed by atoms with E-state index in [1.54, 1.807) is 11.3 Å². The van der Waals surface area contributed by atoms with Crippen molar-refractivity contribution in [1.29, 1.82) is 0 Å². The maximum atomic E-state index is 8.95. The molecule has 0 saturated heterocycles. The molecule has 0 aliphatic rings. The van der Waals surface area contributed by atoms with E-state index >= 15 is 0 Å². The first-order chi connectivity index (χ1) is 6.20. The highest BCUT2D eigenvalue weighted by Crippen LogP contribution is 2.02. The summed E-state index contributed by atoms with van der Waals surface area (Å²) in [6, 6.07) is 0.229. The van der Waals surface area contributed by atoms with Crippen LogP contribution in [0, 0.1) is 0 Å². The molecule has 74 valence electrons. The van der Waals surface area contributed by atoms with Crippen molar-refractivity contribution < 1.29 is 9.53 Å². The largest absolute Gasteiger partial charge is 0.471 e. The summed E-state index contributed by atoms with van der Waals surface area (Å²) in [5.74, 6) is 0. The third-order valence-corrected chi connectivity index (χ3v) is 1.75. The van der Waals surface area contributed by atoms with Gasteiger partial charge < -0.3 is 10.5 Å². The van der Waals surface area contributed by atoms with Gasteiger partial charge in [0.25, 0.3) is 6.47 Å². The minimum atomic E-state index is 0.229. The Labute approximate surface area is 81.7 Å². The predicted octanol–water partition coefficient (Wildman–Crippen LogP) is 0.822. The number of aromatic nitrogens is 1. The van der Waals surface area contributed by atoms with Gasteiger partial charge in [-0.25, -0.2) is 4.98 Å². The number of thiazole rings is 1. The average Bonchev–Trinajstić information content (AvgIpc) is 2.56. The number of carbonyl (C=O) groups is 1. The third kappa shape index (κ3) is 7.42. The molecular formula is C8H14N2O2S. The molecule has 1 unspecified atom stereocenters. The summed E-state index contributed by atoms with van der Waals surface area (Å²) in [6.07, 6.45) is 0.892. The van der Waals surface area contributed by atoms with Crippen molar-refractivity contribution in [3.05, 3.63) is 16.6 Å². The van der Waals surface area contributed by atoms with Gasteiger partial charge in [0.05, 0.1) is 18.3 Å². The smallest absolute Gasteiger partial charge is 0.292 e. The molecule has 0 spiro atoms. The first-order valence-electron chi connectivity index (χ1n) is 3.79. The lowest BCUT2D eigenvalue weighted by atomic mass is 10.2. The summed E-state index contributed by atoms with van der Waals surface area (Å²) in [5, 5.41) is 2.03. The Morgan fingerprint density at radius 2 is 2.46 bits per heavy atom. The topological polar surface area (TPSA) is 65.2 Å². The molecule has 0 aliphatic heterocycles. The molecule has 4 nitrogen and oxygen atoms in total. The highest BCUT2D eigenvalue weighted by atomic mass is 32.1. The SMILES string of the molecule is CC(N)Cc1cscn1.COC=O. The van der Waals surface area contributed by atoms with Gasteiger partial charge in [-0.3, -0.25) is 4.79 Å². The van der Waals surface area contributed by atoms with Crippen molar-refractivity contribution in [1.82, 2.24) is 4.98 Å². The Bertz CT molecular complexity index is 212. The molecule has 1 aromatic heterocycles. The van der Waals surface area contributed by atoms with Crippen LogP contribution in [0.15, 0.2) is 10.9 Å². The first-order valence-corrected chi connectivity index (χ1v) is 4.74. The van der Waals surface area contributed by atoms with Crippen LogP contribution in [0.5, 0.6) is 0 Å². The van der Waals surface area contributed by atoms with Crippen molar-refractivity contribution in [3.8, 4) is 0 Å². The molecule has 1 aromatic rings. The molecule has 0 saturated carbocycles. The first kappa shape index (κ1) is 12.1. The standard InChI is InChI=1S/C6H10N2S.C2H4O2/c1-5(7)2-6-3-9-4-8-6;1-4-2-3/h3-5H,2,7H2,1H3;2H,1H3. The van der Waals surface area contributed by atoms with E-state index in [9.17, 15) is 0 Å². The van der Waals surface area contributed by atoms with Crippen molar-refractivity contribution in [2.24, 2.45) is 5.73 Å². The summed E-state index contributed by atoms with van der Waals surface area (Å²) in [7, 11) is 1.31. The molecule has 0 bridgehead atoms. The van der Waals surface area contributed by atoms with Crippen molar-refractivity contribution >= 4 is 17.8 Å². The Hall–Kier alpha value is -0.940. The minimum Gasteiger partial charge on any atom is -0.471 e. The number of nitrogens with two attached hydrogens (primary N) is 1. The monoisotopic (exact) mass is 202 g/mol. The fraction of sp³-hybridized carbons (Fsp3) is 0.500. The van der Waals surface area contributed by atoms with Crippen molar-refractivity contribution in [2.45, 2.75) is 19.4 Å². The van der Waals surface area contributed by atoms with Gasteiger partial charge in [-0.2, -0.15) is 0 Å². The lowest BCUT2D eigenvalue weighted by Crippen LogP contribution is -2.17. The van der Waals surface area contributed by atoms with Crippen molar-refractivity contribution in [2.75, 3.05) is 7.11 Å². The van der Waals surface area contributed by atoms with Crippen LogP contribution in [0.3, 0.4) is 0 Å². The molecule has 0 fully saturated rings. The van der Waals surface area contributed by atoms with Gasteiger partial charge in [0, 0.05) is 17.8 Å². The minimum absolute atomic E-state index is 0.229. The summed E-state index contributed by atoms with van der Waals surface area (Å²) in [6.45, 7) is 2.36. The van der Waals surface area contributed by atoms with Gasteiger partial charge in [0.1, 0.15) is 0 Å². The number of ether oxygens (including phenoxy) is 1. The van der Waals surface area contributed by atoms with E-state index in [1.807, 2.05) is 17.8 Å². The number of hydrogen-bond donors (Lipinski definition) is 1. The molecule has 2 N–H and O–H groups in total. The van der Waals surface area contributed by atoms with Crippen LogP contribution in [0.2, 0.25) is 0 Å². The Morgan fingerprint density at radius 3 is 2.77 bits per heavy atom. The number of rotatable bonds is 3. The molecule has 0 aliphatic carbocycles.